The van der Waals surface area contributed by atoms with Crippen molar-refractivity contribution in [1.82, 2.24) is 19.1 Å². The molecule has 4 N–H and O–H groups in total. The van der Waals surface area contributed by atoms with Crippen LogP contribution in [0.25, 0.3) is 0 Å². The molecule has 52 heavy (non-hydrogen) atoms. The second kappa shape index (κ2) is 17.8. The largest absolute Gasteiger partial charge is 0.459 e. The number of aromatic nitrogens is 4. The minimum atomic E-state index is -0.713. The number of rotatable bonds is 8. The van der Waals surface area contributed by atoms with Crippen molar-refractivity contribution in [3.8, 4) is 0 Å². The number of nitrogens with two attached hydrogens (primary N) is 2. The summed E-state index contributed by atoms with van der Waals surface area (Å²) in [6.07, 6.45) is 8.23. The fourth-order valence-corrected chi connectivity index (χ4v) is 9.47. The summed E-state index contributed by atoms with van der Waals surface area (Å²) < 4.78 is 25.9. The Bertz CT molecular complexity index is 1540. The lowest BCUT2D eigenvalue weighted by Gasteiger charge is -2.37. The molecule has 4 fully saturated rings. The predicted octanol–water partition coefficient (Wildman–Crippen LogP) is 4.84. The number of anilines is 2. The molecule has 10 atom stereocenters. The van der Waals surface area contributed by atoms with Gasteiger partial charge in [-0.3, -0.25) is 9.13 Å². The molecule has 4 heterocycles. The molecule has 2 aromatic heterocycles. The Balaban J connectivity index is 0.000000201. The molecular formula is C36H54N6O8S2. The number of hydrogen-bond donors (Lipinski definition) is 2. The molecule has 2 saturated carbocycles. The number of ether oxygens (including phenoxy) is 4. The van der Waals surface area contributed by atoms with Gasteiger partial charge in [0.1, 0.15) is 36.3 Å². The highest BCUT2D eigenvalue weighted by atomic mass is 32.2. The SMILES string of the molecule is CC(C)[C@@H]1CC[C@@H](C)C[C@H]1OC(=O)[C@@H]1O[C@H](n2ccc(N)nc2=O)CS1.CC(C)[C@@H]1CC[C@@H](C)C[C@H]1OC(=O)[C@H]1O[C@@H](n2ccc(N)nc2=O)CS1. The van der Waals surface area contributed by atoms with Crippen LogP contribution in [0.2, 0.25) is 0 Å². The van der Waals surface area contributed by atoms with Crippen LogP contribution in [-0.4, -0.2) is 65.6 Å². The van der Waals surface area contributed by atoms with E-state index in [1.165, 1.54) is 57.6 Å². The van der Waals surface area contributed by atoms with Crippen molar-refractivity contribution in [2.45, 2.75) is 116 Å². The molecule has 2 aliphatic heterocycles. The average molecular weight is 763 g/mol. The fraction of sp³-hybridized carbons (Fsp3) is 0.722. The van der Waals surface area contributed by atoms with E-state index in [-0.39, 0.29) is 35.8 Å². The predicted molar refractivity (Wildman–Crippen MR) is 201 cm³/mol. The van der Waals surface area contributed by atoms with E-state index in [0.29, 0.717) is 47.0 Å². The van der Waals surface area contributed by atoms with E-state index < -0.39 is 34.7 Å². The van der Waals surface area contributed by atoms with Gasteiger partial charge in [-0.2, -0.15) is 9.97 Å². The Morgan fingerprint density at radius 2 is 1.12 bits per heavy atom. The molecule has 0 spiro atoms. The maximum atomic E-state index is 12.6. The number of hydrogen-bond acceptors (Lipinski definition) is 14. The molecule has 0 unspecified atom stereocenters. The van der Waals surface area contributed by atoms with E-state index in [2.05, 4.69) is 51.5 Å². The van der Waals surface area contributed by atoms with Gasteiger partial charge in [-0.25, -0.2) is 19.2 Å². The van der Waals surface area contributed by atoms with Gasteiger partial charge in [-0.1, -0.05) is 54.4 Å². The van der Waals surface area contributed by atoms with Gasteiger partial charge in [0.2, 0.25) is 10.9 Å². The summed E-state index contributed by atoms with van der Waals surface area (Å²) in [7, 11) is 0. The molecule has 0 amide bonds. The number of nitrogen functional groups attached to an aromatic ring is 2. The van der Waals surface area contributed by atoms with Crippen molar-refractivity contribution in [2.24, 2.45) is 35.5 Å². The van der Waals surface area contributed by atoms with E-state index in [4.69, 9.17) is 30.4 Å². The van der Waals surface area contributed by atoms with Crippen molar-refractivity contribution in [3.63, 3.8) is 0 Å². The fourth-order valence-electron chi connectivity index (χ4n) is 7.52. The van der Waals surface area contributed by atoms with Crippen LogP contribution in [0, 0.1) is 35.5 Å². The molecule has 2 aromatic rings. The smallest absolute Gasteiger partial charge is 0.351 e. The molecule has 6 rings (SSSR count). The highest BCUT2D eigenvalue weighted by Crippen LogP contribution is 2.39. The summed E-state index contributed by atoms with van der Waals surface area (Å²) in [4.78, 5) is 56.5. The molecule has 0 bridgehead atoms. The quantitative estimate of drug-likeness (QED) is 0.347. The molecule has 0 radical (unpaired) electrons. The zero-order valence-electron chi connectivity index (χ0n) is 30.9. The number of carbonyl (C=O) groups is 2. The Hall–Kier alpha value is -3.08. The van der Waals surface area contributed by atoms with Crippen LogP contribution in [0.3, 0.4) is 0 Å². The maximum absolute atomic E-state index is 12.6. The van der Waals surface area contributed by atoms with Gasteiger partial charge in [0, 0.05) is 23.9 Å². The van der Waals surface area contributed by atoms with Gasteiger partial charge < -0.3 is 30.4 Å². The zero-order valence-corrected chi connectivity index (χ0v) is 32.6. The number of thioether (sulfide) groups is 2. The van der Waals surface area contributed by atoms with Crippen LogP contribution in [-0.2, 0) is 28.5 Å². The monoisotopic (exact) mass is 762 g/mol. The van der Waals surface area contributed by atoms with Crippen molar-refractivity contribution >= 4 is 47.1 Å². The van der Waals surface area contributed by atoms with Crippen LogP contribution in [0.1, 0.15) is 92.5 Å². The van der Waals surface area contributed by atoms with Crippen molar-refractivity contribution in [1.29, 1.82) is 0 Å². The van der Waals surface area contributed by atoms with Crippen LogP contribution in [0.4, 0.5) is 11.6 Å². The van der Waals surface area contributed by atoms with E-state index in [9.17, 15) is 19.2 Å². The first-order valence-corrected chi connectivity index (χ1v) is 20.4. The van der Waals surface area contributed by atoms with Gasteiger partial charge in [-0.15, -0.1) is 23.5 Å². The normalized spacial score (nSPS) is 31.9. The lowest BCUT2D eigenvalue weighted by molar-refractivity contribution is -0.167. The molecule has 288 valence electrons. The average Bonchev–Trinajstić information content (AvgIpc) is 3.76. The van der Waals surface area contributed by atoms with Crippen LogP contribution in [0.5, 0.6) is 0 Å². The Kier molecular flexibility index (Phi) is 13.8. The van der Waals surface area contributed by atoms with Gasteiger partial charge in [0.25, 0.3) is 0 Å². The zero-order chi connectivity index (χ0) is 37.7. The second-order valence-electron chi connectivity index (χ2n) is 15.2. The third-order valence-corrected chi connectivity index (χ3v) is 12.7. The van der Waals surface area contributed by atoms with Gasteiger partial charge in [0.05, 0.1) is 0 Å². The summed E-state index contributed by atoms with van der Waals surface area (Å²) >= 11 is 2.70. The van der Waals surface area contributed by atoms with Gasteiger partial charge in [0.15, 0.2) is 0 Å². The first-order valence-electron chi connectivity index (χ1n) is 18.3. The van der Waals surface area contributed by atoms with Crippen LogP contribution < -0.4 is 22.8 Å². The molecular weight excluding hydrogens is 709 g/mol. The standard InChI is InChI=1S/2C18H27N3O4S/c2*1-10(2)12-5-4-11(3)8-13(12)24-16(22)17-25-15(9-26-17)21-7-6-14(19)20-18(21)23/h2*6-7,10-13,15,17H,4-5,8-9H2,1-3H3,(H2,19,20,23)/t11-,12+,13-,15+,17-;11-,12+,13-,15-,17+/m11/s1. The lowest BCUT2D eigenvalue weighted by Crippen LogP contribution is -2.38. The van der Waals surface area contributed by atoms with E-state index in [1.54, 1.807) is 12.4 Å². The van der Waals surface area contributed by atoms with Crippen LogP contribution >= 0.6 is 23.5 Å². The highest BCUT2D eigenvalue weighted by Gasteiger charge is 2.40. The second-order valence-corrected chi connectivity index (χ2v) is 17.4. The first kappa shape index (κ1) is 40.1. The summed E-state index contributed by atoms with van der Waals surface area (Å²) in [6.45, 7) is 13.1. The maximum Gasteiger partial charge on any atom is 0.351 e. The molecule has 14 nitrogen and oxygen atoms in total. The molecule has 4 aliphatic rings. The van der Waals surface area contributed by atoms with E-state index in [1.807, 2.05) is 0 Å². The molecule has 0 aromatic carbocycles. The van der Waals surface area contributed by atoms with Crippen molar-refractivity contribution in [2.75, 3.05) is 23.0 Å². The molecule has 2 aliphatic carbocycles. The Morgan fingerprint density at radius 3 is 1.46 bits per heavy atom. The summed E-state index contributed by atoms with van der Waals surface area (Å²) in [5.41, 5.74) is 8.63. The summed E-state index contributed by atoms with van der Waals surface area (Å²) in [5, 5.41) is 0. The number of esters is 2. The first-order chi connectivity index (χ1) is 24.7. The Morgan fingerprint density at radius 1 is 0.731 bits per heavy atom. The third kappa shape index (κ3) is 10.1. The topological polar surface area (TPSA) is 193 Å². The van der Waals surface area contributed by atoms with Gasteiger partial charge >= 0.3 is 23.3 Å². The number of nitrogens with zero attached hydrogens (tertiary/aromatic N) is 4. The van der Waals surface area contributed by atoms with Crippen molar-refractivity contribution < 1.29 is 28.5 Å². The molecule has 16 heteroatoms. The molecule has 2 saturated heterocycles. The minimum Gasteiger partial charge on any atom is -0.459 e. The van der Waals surface area contributed by atoms with E-state index >= 15 is 0 Å². The Labute approximate surface area is 313 Å². The van der Waals surface area contributed by atoms with Gasteiger partial charge in [-0.05, 0) is 73.3 Å². The minimum absolute atomic E-state index is 0.0598. The highest BCUT2D eigenvalue weighted by molar-refractivity contribution is 8.00. The van der Waals surface area contributed by atoms with E-state index in [0.717, 1.165) is 25.7 Å². The number of carbonyl (C=O) groups excluding carboxylic acids is 2. The summed E-state index contributed by atoms with van der Waals surface area (Å²) in [6, 6.07) is 3.08. The summed E-state index contributed by atoms with van der Waals surface area (Å²) in [5.74, 6) is 3.46. The van der Waals surface area contributed by atoms with Crippen molar-refractivity contribution in [3.05, 3.63) is 45.5 Å². The van der Waals surface area contributed by atoms with Crippen LogP contribution in [0.15, 0.2) is 34.1 Å². The third-order valence-electron chi connectivity index (χ3n) is 10.5. The lowest BCUT2D eigenvalue weighted by atomic mass is 9.75.